The van der Waals surface area contributed by atoms with E-state index < -0.39 is 0 Å². The first kappa shape index (κ1) is 16.4. The van der Waals surface area contributed by atoms with Gasteiger partial charge in [0.2, 0.25) is 0 Å². The minimum absolute atomic E-state index is 0.0800. The van der Waals surface area contributed by atoms with Gasteiger partial charge in [0.05, 0.1) is 11.6 Å². The molecule has 2 N–H and O–H groups in total. The van der Waals surface area contributed by atoms with Crippen LogP contribution in [0.4, 0.5) is 4.79 Å². The van der Waals surface area contributed by atoms with E-state index in [9.17, 15) is 4.79 Å². The largest absolute Gasteiger partial charge is 0.492 e. The molecule has 116 valence electrons. The van der Waals surface area contributed by atoms with E-state index in [0.29, 0.717) is 30.0 Å². The molecule has 1 saturated carbocycles. The standard InChI is InChI=1S/C15H20BrClN2O2/c16-11-6-7-14(13(17)10-11)21-9-3-8-18-15(20)19-12-4-1-2-5-12/h6-7,10,12H,1-5,8-9H2,(H2,18,19,20). The first-order valence-electron chi connectivity index (χ1n) is 7.27. The van der Waals surface area contributed by atoms with Crippen molar-refractivity contribution in [2.45, 2.75) is 38.1 Å². The van der Waals surface area contributed by atoms with Crippen molar-refractivity contribution in [2.75, 3.05) is 13.2 Å². The number of hydrogen-bond acceptors (Lipinski definition) is 2. The van der Waals surface area contributed by atoms with Crippen LogP contribution in [0.25, 0.3) is 0 Å². The maximum atomic E-state index is 11.6. The summed E-state index contributed by atoms with van der Waals surface area (Å²) in [6.07, 6.45) is 5.36. The van der Waals surface area contributed by atoms with Gasteiger partial charge in [0.15, 0.2) is 0 Å². The van der Waals surface area contributed by atoms with E-state index in [4.69, 9.17) is 16.3 Å². The van der Waals surface area contributed by atoms with Gasteiger partial charge in [-0.05, 0) is 37.5 Å². The smallest absolute Gasteiger partial charge is 0.315 e. The minimum Gasteiger partial charge on any atom is -0.492 e. The summed E-state index contributed by atoms with van der Waals surface area (Å²) in [7, 11) is 0. The quantitative estimate of drug-likeness (QED) is 0.735. The van der Waals surface area contributed by atoms with E-state index in [2.05, 4.69) is 26.6 Å². The van der Waals surface area contributed by atoms with Crippen LogP contribution in [0.15, 0.2) is 22.7 Å². The van der Waals surface area contributed by atoms with Gasteiger partial charge in [0.1, 0.15) is 5.75 Å². The summed E-state index contributed by atoms with van der Waals surface area (Å²) in [5.41, 5.74) is 0. The van der Waals surface area contributed by atoms with E-state index in [-0.39, 0.29) is 6.03 Å². The number of hydrogen-bond donors (Lipinski definition) is 2. The number of benzene rings is 1. The Balaban J connectivity index is 1.58. The summed E-state index contributed by atoms with van der Waals surface area (Å²) in [6.45, 7) is 1.11. The second kappa shape index (κ2) is 8.49. The highest BCUT2D eigenvalue weighted by Gasteiger charge is 2.16. The van der Waals surface area contributed by atoms with Gasteiger partial charge in [0, 0.05) is 17.1 Å². The Kier molecular flexibility index (Phi) is 6.64. The Morgan fingerprint density at radius 1 is 1.38 bits per heavy atom. The summed E-state index contributed by atoms with van der Waals surface area (Å²) in [5, 5.41) is 6.41. The average Bonchev–Trinajstić information content (AvgIpc) is 2.93. The third kappa shape index (κ3) is 5.75. The van der Waals surface area contributed by atoms with Gasteiger partial charge in [-0.2, -0.15) is 0 Å². The summed E-state index contributed by atoms with van der Waals surface area (Å²) in [6, 6.07) is 5.78. The lowest BCUT2D eigenvalue weighted by Crippen LogP contribution is -2.41. The highest BCUT2D eigenvalue weighted by atomic mass is 79.9. The number of carbonyl (C=O) groups excluding carboxylic acids is 1. The van der Waals surface area contributed by atoms with E-state index >= 15 is 0 Å². The number of nitrogens with one attached hydrogen (secondary N) is 2. The molecule has 0 bridgehead atoms. The number of rotatable bonds is 6. The Morgan fingerprint density at radius 2 is 2.14 bits per heavy atom. The first-order chi connectivity index (χ1) is 10.1. The number of urea groups is 1. The molecule has 1 fully saturated rings. The molecule has 0 atom stereocenters. The van der Waals surface area contributed by atoms with Crippen molar-refractivity contribution >= 4 is 33.6 Å². The normalized spacial score (nSPS) is 15.0. The summed E-state index contributed by atoms with van der Waals surface area (Å²) in [4.78, 5) is 11.6. The Labute approximate surface area is 138 Å². The van der Waals surface area contributed by atoms with Crippen molar-refractivity contribution in [1.82, 2.24) is 10.6 Å². The first-order valence-corrected chi connectivity index (χ1v) is 8.44. The predicted octanol–water partition coefficient (Wildman–Crippen LogP) is 4.11. The molecule has 21 heavy (non-hydrogen) atoms. The van der Waals surface area contributed by atoms with Crippen molar-refractivity contribution < 1.29 is 9.53 Å². The molecule has 0 unspecified atom stereocenters. The van der Waals surface area contributed by atoms with Crippen LogP contribution in [-0.2, 0) is 0 Å². The Bertz CT molecular complexity index is 479. The van der Waals surface area contributed by atoms with Crippen molar-refractivity contribution in [2.24, 2.45) is 0 Å². The molecule has 1 aliphatic carbocycles. The molecule has 0 heterocycles. The molecular formula is C15H20BrClN2O2. The Morgan fingerprint density at radius 3 is 2.86 bits per heavy atom. The van der Waals surface area contributed by atoms with Crippen molar-refractivity contribution in [3.63, 3.8) is 0 Å². The zero-order valence-corrected chi connectivity index (χ0v) is 14.2. The van der Waals surface area contributed by atoms with Crippen LogP contribution in [-0.4, -0.2) is 25.2 Å². The fourth-order valence-electron chi connectivity index (χ4n) is 2.36. The van der Waals surface area contributed by atoms with Gasteiger partial charge in [-0.15, -0.1) is 0 Å². The Hall–Kier alpha value is -0.940. The van der Waals surface area contributed by atoms with E-state index in [1.165, 1.54) is 12.8 Å². The molecule has 0 aromatic heterocycles. The molecule has 1 aromatic carbocycles. The van der Waals surface area contributed by atoms with Crippen LogP contribution < -0.4 is 15.4 Å². The van der Waals surface area contributed by atoms with E-state index in [0.717, 1.165) is 23.7 Å². The highest BCUT2D eigenvalue weighted by Crippen LogP contribution is 2.27. The highest BCUT2D eigenvalue weighted by molar-refractivity contribution is 9.10. The fourth-order valence-corrected chi connectivity index (χ4v) is 3.08. The lowest BCUT2D eigenvalue weighted by atomic mass is 10.2. The topological polar surface area (TPSA) is 50.4 Å². The van der Waals surface area contributed by atoms with Crippen molar-refractivity contribution in [1.29, 1.82) is 0 Å². The molecule has 1 aromatic rings. The van der Waals surface area contributed by atoms with E-state index in [1.54, 1.807) is 6.07 Å². The third-order valence-electron chi connectivity index (χ3n) is 3.45. The zero-order valence-electron chi connectivity index (χ0n) is 11.8. The van der Waals surface area contributed by atoms with Crippen LogP contribution >= 0.6 is 27.5 Å². The molecule has 0 radical (unpaired) electrons. The van der Waals surface area contributed by atoms with Crippen molar-refractivity contribution in [3.8, 4) is 5.75 Å². The monoisotopic (exact) mass is 374 g/mol. The van der Waals surface area contributed by atoms with Crippen LogP contribution in [0.5, 0.6) is 5.75 Å². The maximum absolute atomic E-state index is 11.6. The molecule has 0 saturated heterocycles. The van der Waals surface area contributed by atoms with Crippen LogP contribution in [0.2, 0.25) is 5.02 Å². The van der Waals surface area contributed by atoms with Gasteiger partial charge < -0.3 is 15.4 Å². The third-order valence-corrected chi connectivity index (χ3v) is 4.24. The molecule has 0 aliphatic heterocycles. The van der Waals surface area contributed by atoms with E-state index in [1.807, 2.05) is 12.1 Å². The lowest BCUT2D eigenvalue weighted by molar-refractivity contribution is 0.235. The molecule has 4 nitrogen and oxygen atoms in total. The second-order valence-corrected chi connectivity index (χ2v) is 6.48. The number of halogens is 2. The van der Waals surface area contributed by atoms with Crippen molar-refractivity contribution in [3.05, 3.63) is 27.7 Å². The molecular weight excluding hydrogens is 356 g/mol. The van der Waals surface area contributed by atoms with Crippen LogP contribution in [0.1, 0.15) is 32.1 Å². The molecule has 0 spiro atoms. The van der Waals surface area contributed by atoms with Gasteiger partial charge in [-0.1, -0.05) is 40.4 Å². The molecule has 1 aliphatic rings. The molecule has 2 amide bonds. The number of carbonyl (C=O) groups is 1. The fraction of sp³-hybridized carbons (Fsp3) is 0.533. The van der Waals surface area contributed by atoms with Crippen LogP contribution in [0, 0.1) is 0 Å². The molecule has 6 heteroatoms. The summed E-state index contributed by atoms with van der Waals surface area (Å²) < 4.78 is 6.50. The second-order valence-electron chi connectivity index (χ2n) is 5.16. The van der Waals surface area contributed by atoms with Gasteiger partial charge >= 0.3 is 6.03 Å². The predicted molar refractivity (Wildman–Crippen MR) is 88.1 cm³/mol. The van der Waals surface area contributed by atoms with Gasteiger partial charge in [-0.3, -0.25) is 0 Å². The average molecular weight is 376 g/mol. The lowest BCUT2D eigenvalue weighted by Gasteiger charge is -2.13. The SMILES string of the molecule is O=C(NCCCOc1ccc(Br)cc1Cl)NC1CCCC1. The zero-order chi connectivity index (χ0) is 15.1. The molecule has 2 rings (SSSR count). The van der Waals surface area contributed by atoms with Gasteiger partial charge in [0.25, 0.3) is 0 Å². The van der Waals surface area contributed by atoms with Crippen LogP contribution in [0.3, 0.4) is 0 Å². The summed E-state index contributed by atoms with van der Waals surface area (Å²) in [5.74, 6) is 0.662. The number of amides is 2. The summed E-state index contributed by atoms with van der Waals surface area (Å²) >= 11 is 9.40. The maximum Gasteiger partial charge on any atom is 0.315 e. The minimum atomic E-state index is -0.0800. The van der Waals surface area contributed by atoms with Gasteiger partial charge in [-0.25, -0.2) is 4.79 Å². The number of ether oxygens (including phenoxy) is 1.